The molecule has 0 amide bonds. The van der Waals surface area contributed by atoms with Crippen LogP contribution in [0.3, 0.4) is 0 Å². The molecule has 1 aromatic rings. The third-order valence-corrected chi connectivity index (χ3v) is 5.75. The molecule has 0 fully saturated rings. The van der Waals surface area contributed by atoms with E-state index in [0.717, 1.165) is 0 Å². The topological polar surface area (TPSA) is 46.6 Å². The molecule has 0 aliphatic carbocycles. The van der Waals surface area contributed by atoms with Crippen LogP contribution in [0.15, 0.2) is 16.3 Å². The lowest BCUT2D eigenvalue weighted by Gasteiger charge is -2.16. The van der Waals surface area contributed by atoms with Crippen LogP contribution in [-0.4, -0.2) is 40.0 Å². The fourth-order valence-electron chi connectivity index (χ4n) is 1.38. The number of hydrogen-bond donors (Lipinski definition) is 0. The molecular formula is C10H16ClNO3S2. The van der Waals surface area contributed by atoms with E-state index in [1.54, 1.807) is 25.6 Å². The van der Waals surface area contributed by atoms with E-state index in [1.165, 1.54) is 15.6 Å². The van der Waals surface area contributed by atoms with E-state index in [1.807, 2.05) is 0 Å². The van der Waals surface area contributed by atoms with Gasteiger partial charge in [-0.25, -0.2) is 12.7 Å². The zero-order valence-electron chi connectivity index (χ0n) is 9.85. The van der Waals surface area contributed by atoms with Crippen LogP contribution in [0.2, 0.25) is 0 Å². The molecule has 0 aromatic carbocycles. The van der Waals surface area contributed by atoms with Crippen LogP contribution in [0, 0.1) is 0 Å². The Morgan fingerprint density at radius 2 is 2.24 bits per heavy atom. The summed E-state index contributed by atoms with van der Waals surface area (Å²) in [4.78, 5) is 1.00. The quantitative estimate of drug-likeness (QED) is 0.572. The molecule has 0 radical (unpaired) electrons. The van der Waals surface area contributed by atoms with Crippen molar-refractivity contribution in [3.63, 3.8) is 0 Å². The average Bonchev–Trinajstić information content (AvgIpc) is 2.77. The van der Waals surface area contributed by atoms with Crippen LogP contribution in [0.25, 0.3) is 0 Å². The molecule has 0 atom stereocenters. The van der Waals surface area contributed by atoms with E-state index in [0.29, 0.717) is 29.3 Å². The lowest BCUT2D eigenvalue weighted by Crippen LogP contribution is -2.28. The first kappa shape index (κ1) is 14.9. The van der Waals surface area contributed by atoms with Crippen molar-refractivity contribution in [1.82, 2.24) is 4.31 Å². The van der Waals surface area contributed by atoms with Gasteiger partial charge < -0.3 is 4.74 Å². The molecule has 0 saturated carbocycles. The molecule has 1 aromatic heterocycles. The number of sulfonamides is 1. The molecule has 0 aliphatic rings. The maximum absolute atomic E-state index is 12.2. The average molecular weight is 298 g/mol. The Morgan fingerprint density at radius 1 is 1.53 bits per heavy atom. The predicted molar refractivity (Wildman–Crippen MR) is 70.2 cm³/mol. The first-order valence-corrected chi connectivity index (χ1v) is 7.97. The van der Waals surface area contributed by atoms with Gasteiger partial charge in [-0.05, 0) is 17.9 Å². The number of halogens is 1. The Labute approximate surface area is 111 Å². The molecule has 0 bridgehead atoms. The first-order valence-electron chi connectivity index (χ1n) is 5.11. The number of hydrogen-bond acceptors (Lipinski definition) is 4. The Morgan fingerprint density at radius 3 is 2.82 bits per heavy atom. The summed E-state index contributed by atoms with van der Waals surface area (Å²) in [6.07, 6.45) is 0.673. The number of methoxy groups -OCH3 is 1. The fourth-order valence-corrected chi connectivity index (χ4v) is 4.26. The van der Waals surface area contributed by atoms with E-state index in [9.17, 15) is 8.42 Å². The van der Waals surface area contributed by atoms with Gasteiger partial charge in [-0.1, -0.05) is 0 Å². The summed E-state index contributed by atoms with van der Waals surface area (Å²) in [5, 5.41) is 1.74. The minimum Gasteiger partial charge on any atom is -0.385 e. The third-order valence-electron chi connectivity index (χ3n) is 2.34. The molecule has 1 heterocycles. The van der Waals surface area contributed by atoms with E-state index in [4.69, 9.17) is 16.3 Å². The normalized spacial score (nSPS) is 12.2. The monoisotopic (exact) mass is 297 g/mol. The van der Waals surface area contributed by atoms with Crippen LogP contribution in [0.5, 0.6) is 0 Å². The Bertz CT molecular complexity index is 444. The molecule has 0 saturated heterocycles. The Balaban J connectivity index is 2.80. The summed E-state index contributed by atoms with van der Waals surface area (Å²) in [5.74, 6) is 0.220. The molecule has 4 nitrogen and oxygen atoms in total. The van der Waals surface area contributed by atoms with Crippen LogP contribution in [-0.2, 0) is 20.6 Å². The molecular weight excluding hydrogens is 282 g/mol. The smallest absolute Gasteiger partial charge is 0.243 e. The molecule has 98 valence electrons. The van der Waals surface area contributed by atoms with E-state index < -0.39 is 10.0 Å². The summed E-state index contributed by atoms with van der Waals surface area (Å²) < 4.78 is 30.6. The van der Waals surface area contributed by atoms with Gasteiger partial charge in [0.25, 0.3) is 0 Å². The van der Waals surface area contributed by atoms with Gasteiger partial charge in [-0.2, -0.15) is 0 Å². The van der Waals surface area contributed by atoms with E-state index >= 15 is 0 Å². The summed E-state index contributed by atoms with van der Waals surface area (Å²) in [6, 6.07) is 1.60. The second-order valence-electron chi connectivity index (χ2n) is 3.51. The third kappa shape index (κ3) is 3.66. The second kappa shape index (κ2) is 6.70. The van der Waals surface area contributed by atoms with Crippen molar-refractivity contribution in [2.24, 2.45) is 0 Å². The standard InChI is InChI=1S/C10H16ClNO3S2/c1-12(5-3-6-15-2)17(13,14)10-4-7-16-9(10)8-11/h4,7H,3,5-6,8H2,1-2H3. The van der Waals surface area contributed by atoms with Gasteiger partial charge >= 0.3 is 0 Å². The highest BCUT2D eigenvalue weighted by Crippen LogP contribution is 2.26. The van der Waals surface area contributed by atoms with Crippen molar-refractivity contribution in [3.05, 3.63) is 16.3 Å². The number of thiophene rings is 1. The number of ether oxygens (including phenoxy) is 1. The lowest BCUT2D eigenvalue weighted by atomic mass is 10.5. The highest BCUT2D eigenvalue weighted by atomic mass is 35.5. The van der Waals surface area contributed by atoms with Gasteiger partial charge in [0, 0.05) is 32.2 Å². The molecule has 17 heavy (non-hydrogen) atoms. The van der Waals surface area contributed by atoms with Crippen molar-refractivity contribution < 1.29 is 13.2 Å². The first-order chi connectivity index (χ1) is 8.04. The van der Waals surface area contributed by atoms with Gasteiger partial charge in [0.2, 0.25) is 10.0 Å². The van der Waals surface area contributed by atoms with Gasteiger partial charge in [0.05, 0.1) is 10.8 Å². The van der Waals surface area contributed by atoms with Crippen molar-refractivity contribution in [2.45, 2.75) is 17.2 Å². The van der Waals surface area contributed by atoms with Gasteiger partial charge in [-0.15, -0.1) is 22.9 Å². The van der Waals surface area contributed by atoms with Crippen LogP contribution < -0.4 is 0 Å². The highest BCUT2D eigenvalue weighted by molar-refractivity contribution is 7.89. The largest absolute Gasteiger partial charge is 0.385 e. The Hall–Kier alpha value is -0.140. The van der Waals surface area contributed by atoms with Crippen LogP contribution >= 0.6 is 22.9 Å². The zero-order chi connectivity index (χ0) is 12.9. The summed E-state index contributed by atoms with van der Waals surface area (Å²) in [5.41, 5.74) is 0. The maximum atomic E-state index is 12.2. The molecule has 7 heteroatoms. The van der Waals surface area contributed by atoms with Gasteiger partial charge in [-0.3, -0.25) is 0 Å². The van der Waals surface area contributed by atoms with Crippen LogP contribution in [0.1, 0.15) is 11.3 Å². The molecule has 1 rings (SSSR count). The molecule has 0 N–H and O–H groups in total. The minimum absolute atomic E-state index is 0.220. The fraction of sp³-hybridized carbons (Fsp3) is 0.600. The van der Waals surface area contributed by atoms with Gasteiger partial charge in [0.15, 0.2) is 0 Å². The van der Waals surface area contributed by atoms with Crippen molar-refractivity contribution in [2.75, 3.05) is 27.3 Å². The van der Waals surface area contributed by atoms with Crippen LogP contribution in [0.4, 0.5) is 0 Å². The molecule has 0 aliphatic heterocycles. The number of rotatable bonds is 7. The number of alkyl halides is 1. The predicted octanol–water partition coefficient (Wildman–Crippen LogP) is 2.14. The van der Waals surface area contributed by atoms with Crippen molar-refractivity contribution in [3.8, 4) is 0 Å². The van der Waals surface area contributed by atoms with Crippen molar-refractivity contribution >= 4 is 33.0 Å². The lowest BCUT2D eigenvalue weighted by molar-refractivity contribution is 0.189. The molecule has 0 unspecified atom stereocenters. The van der Waals surface area contributed by atoms with Gasteiger partial charge in [0.1, 0.15) is 0 Å². The maximum Gasteiger partial charge on any atom is 0.243 e. The zero-order valence-corrected chi connectivity index (χ0v) is 12.2. The summed E-state index contributed by atoms with van der Waals surface area (Å²) >= 11 is 7.08. The Kier molecular flexibility index (Phi) is 5.88. The molecule has 0 spiro atoms. The highest BCUT2D eigenvalue weighted by Gasteiger charge is 2.24. The number of nitrogens with zero attached hydrogens (tertiary/aromatic N) is 1. The summed E-state index contributed by atoms with van der Waals surface area (Å²) in [6.45, 7) is 0.986. The van der Waals surface area contributed by atoms with E-state index in [2.05, 4.69) is 0 Å². The SMILES string of the molecule is COCCCN(C)S(=O)(=O)c1ccsc1CCl. The second-order valence-corrected chi connectivity index (χ2v) is 6.80. The van der Waals surface area contributed by atoms with E-state index in [-0.39, 0.29) is 5.88 Å². The van der Waals surface area contributed by atoms with Crippen molar-refractivity contribution in [1.29, 1.82) is 0 Å². The summed E-state index contributed by atoms with van der Waals surface area (Å²) in [7, 11) is -0.249. The minimum atomic E-state index is -3.42.